The van der Waals surface area contributed by atoms with Gasteiger partial charge in [0.05, 0.1) is 12.8 Å². The number of hydrogen-bond donors (Lipinski definition) is 4. The van der Waals surface area contributed by atoms with Crippen LogP contribution in [0.4, 0.5) is 21.9 Å². The van der Waals surface area contributed by atoms with Crippen LogP contribution < -0.4 is 26.1 Å². The van der Waals surface area contributed by atoms with Gasteiger partial charge in [-0.2, -0.15) is 5.10 Å². The first-order chi connectivity index (χ1) is 15.4. The summed E-state index contributed by atoms with van der Waals surface area (Å²) in [5, 5.41) is 13.6. The molecule has 2 amide bonds. The number of urea groups is 1. The van der Waals surface area contributed by atoms with Crippen LogP contribution in [0.3, 0.4) is 0 Å². The number of hydrazone groups is 1. The molecule has 0 atom stereocenters. The van der Waals surface area contributed by atoms with Crippen LogP contribution in [0.2, 0.25) is 0 Å². The molecule has 0 aromatic heterocycles. The number of carbonyl (C=O) groups excluding carboxylic acids is 1. The van der Waals surface area contributed by atoms with Crippen LogP contribution in [0.25, 0.3) is 0 Å². The molecule has 32 heavy (non-hydrogen) atoms. The number of benzene rings is 3. The van der Waals surface area contributed by atoms with Crippen molar-refractivity contribution in [3.05, 3.63) is 83.9 Å². The topological polar surface area (TPSA) is 86.8 Å². The van der Waals surface area contributed by atoms with Gasteiger partial charge in [-0.15, -0.1) is 0 Å². The molecule has 0 heterocycles. The lowest BCUT2D eigenvalue weighted by molar-refractivity contribution is 0.252. The fourth-order valence-corrected chi connectivity index (χ4v) is 2.99. The Labute approximate surface area is 192 Å². The maximum Gasteiger partial charge on any atom is 0.339 e. The van der Waals surface area contributed by atoms with Crippen molar-refractivity contribution in [1.82, 2.24) is 5.43 Å². The fraction of sp³-hybridized carbons (Fsp3) is 0.125. The van der Waals surface area contributed by atoms with E-state index in [1.54, 1.807) is 7.11 Å². The monoisotopic (exact) mass is 447 g/mol. The fourth-order valence-electron chi connectivity index (χ4n) is 2.76. The van der Waals surface area contributed by atoms with Gasteiger partial charge < -0.3 is 20.7 Å². The molecule has 0 saturated heterocycles. The molecule has 0 aliphatic rings. The Bertz CT molecular complexity index is 1090. The summed E-state index contributed by atoms with van der Waals surface area (Å²) < 4.78 is 5.15. The normalized spacial score (nSPS) is 10.8. The van der Waals surface area contributed by atoms with Gasteiger partial charge in [0.25, 0.3) is 0 Å². The molecule has 0 aliphatic carbocycles. The highest BCUT2D eigenvalue weighted by molar-refractivity contribution is 7.80. The predicted molar refractivity (Wildman–Crippen MR) is 135 cm³/mol. The van der Waals surface area contributed by atoms with Gasteiger partial charge in [-0.25, -0.2) is 10.2 Å². The van der Waals surface area contributed by atoms with Gasteiger partial charge in [-0.3, -0.25) is 0 Å². The summed E-state index contributed by atoms with van der Waals surface area (Å²) in [6.45, 7) is 3.81. The average molecular weight is 448 g/mol. The van der Waals surface area contributed by atoms with E-state index in [0.717, 1.165) is 28.3 Å². The summed E-state index contributed by atoms with van der Waals surface area (Å²) >= 11 is 5.36. The molecule has 0 bridgehead atoms. The van der Waals surface area contributed by atoms with Crippen molar-refractivity contribution in [3.63, 3.8) is 0 Å². The lowest BCUT2D eigenvalue weighted by Crippen LogP contribution is -2.25. The van der Waals surface area contributed by atoms with E-state index in [9.17, 15) is 4.79 Å². The number of anilines is 3. The minimum absolute atomic E-state index is 0.401. The highest BCUT2D eigenvalue weighted by atomic mass is 32.1. The van der Waals surface area contributed by atoms with Crippen LogP contribution in [0.15, 0.2) is 77.9 Å². The maximum absolute atomic E-state index is 12.0. The third-order valence-electron chi connectivity index (χ3n) is 4.54. The van der Waals surface area contributed by atoms with Gasteiger partial charge in [-0.1, -0.05) is 29.8 Å². The predicted octanol–water partition coefficient (Wildman–Crippen LogP) is 5.36. The molecule has 3 rings (SSSR count). The summed E-state index contributed by atoms with van der Waals surface area (Å²) in [6.07, 6.45) is 0. The number of ether oxygens (including phenoxy) is 1. The van der Waals surface area contributed by atoms with E-state index < -0.39 is 6.03 Å². The second-order valence-electron chi connectivity index (χ2n) is 7.01. The van der Waals surface area contributed by atoms with Gasteiger partial charge in [0.2, 0.25) is 0 Å². The average Bonchev–Trinajstić information content (AvgIpc) is 2.80. The first kappa shape index (κ1) is 22.8. The van der Waals surface area contributed by atoms with E-state index in [2.05, 4.69) is 26.5 Å². The van der Waals surface area contributed by atoms with Crippen LogP contribution in [0.1, 0.15) is 18.1 Å². The number of methoxy groups -OCH3 is 1. The van der Waals surface area contributed by atoms with E-state index in [1.165, 1.54) is 0 Å². The molecule has 164 valence electrons. The first-order valence-electron chi connectivity index (χ1n) is 9.93. The number of rotatable bonds is 6. The van der Waals surface area contributed by atoms with Crippen LogP contribution in [0.5, 0.6) is 5.75 Å². The largest absolute Gasteiger partial charge is 0.497 e. The van der Waals surface area contributed by atoms with Crippen molar-refractivity contribution in [1.29, 1.82) is 0 Å². The van der Waals surface area contributed by atoms with Crippen LogP contribution >= 0.6 is 12.2 Å². The third kappa shape index (κ3) is 6.82. The lowest BCUT2D eigenvalue weighted by Gasteiger charge is -2.11. The Kier molecular flexibility index (Phi) is 7.77. The smallest absolute Gasteiger partial charge is 0.339 e. The first-order valence-corrected chi connectivity index (χ1v) is 10.3. The van der Waals surface area contributed by atoms with E-state index in [0.29, 0.717) is 16.5 Å². The summed E-state index contributed by atoms with van der Waals surface area (Å²) in [5.74, 6) is 0.782. The molecule has 4 N–H and O–H groups in total. The number of hydrogen-bond acceptors (Lipinski definition) is 4. The SMILES string of the molecule is COc1ccc(NC(=S)Nc2ccc(/C(C)=N\NC(=O)Nc3ccc(C)cc3)cc2)cc1. The molecular weight excluding hydrogens is 422 g/mol. The number of nitrogens with zero attached hydrogens (tertiary/aromatic N) is 1. The van der Waals surface area contributed by atoms with Gasteiger partial charge in [0.15, 0.2) is 5.11 Å². The summed E-state index contributed by atoms with van der Waals surface area (Å²) in [5.41, 5.74) is 7.58. The second-order valence-corrected chi connectivity index (χ2v) is 7.42. The maximum atomic E-state index is 12.0. The minimum Gasteiger partial charge on any atom is -0.497 e. The summed E-state index contributed by atoms with van der Waals surface area (Å²) in [7, 11) is 1.63. The van der Waals surface area contributed by atoms with Crippen molar-refractivity contribution in [3.8, 4) is 5.75 Å². The number of aryl methyl sites for hydroxylation is 1. The van der Waals surface area contributed by atoms with Crippen LogP contribution in [0, 0.1) is 6.92 Å². The summed E-state index contributed by atoms with van der Waals surface area (Å²) in [6, 6.07) is 22.2. The van der Waals surface area contributed by atoms with Crippen molar-refractivity contribution >= 4 is 46.1 Å². The Hall–Kier alpha value is -3.91. The number of amides is 2. The molecule has 7 nitrogen and oxygen atoms in total. The Morgan fingerprint density at radius 1 is 0.812 bits per heavy atom. The van der Waals surface area contributed by atoms with E-state index in [1.807, 2.05) is 86.6 Å². The molecule has 0 radical (unpaired) electrons. The Morgan fingerprint density at radius 2 is 1.31 bits per heavy atom. The van der Waals surface area contributed by atoms with Gasteiger partial charge >= 0.3 is 6.03 Å². The molecule has 3 aromatic rings. The molecule has 3 aromatic carbocycles. The zero-order chi connectivity index (χ0) is 22.9. The molecule has 0 spiro atoms. The lowest BCUT2D eigenvalue weighted by atomic mass is 10.1. The van der Waals surface area contributed by atoms with Gasteiger partial charge in [-0.05, 0) is 80.2 Å². The summed E-state index contributed by atoms with van der Waals surface area (Å²) in [4.78, 5) is 12.0. The third-order valence-corrected chi connectivity index (χ3v) is 4.75. The molecule has 0 unspecified atom stereocenters. The number of carbonyl (C=O) groups is 1. The Balaban J connectivity index is 1.51. The van der Waals surface area contributed by atoms with E-state index >= 15 is 0 Å². The van der Waals surface area contributed by atoms with E-state index in [-0.39, 0.29) is 0 Å². The van der Waals surface area contributed by atoms with Crippen molar-refractivity contribution < 1.29 is 9.53 Å². The van der Waals surface area contributed by atoms with Crippen LogP contribution in [-0.4, -0.2) is 24.0 Å². The quantitative estimate of drug-likeness (QED) is 0.232. The zero-order valence-electron chi connectivity index (χ0n) is 18.1. The molecule has 0 fully saturated rings. The van der Waals surface area contributed by atoms with Crippen molar-refractivity contribution in [2.75, 3.05) is 23.1 Å². The number of nitrogens with one attached hydrogen (secondary N) is 4. The Morgan fingerprint density at radius 3 is 1.88 bits per heavy atom. The van der Waals surface area contributed by atoms with Crippen LogP contribution in [-0.2, 0) is 0 Å². The highest BCUT2D eigenvalue weighted by Crippen LogP contribution is 2.16. The minimum atomic E-state index is -0.401. The van der Waals surface area contributed by atoms with Gasteiger partial charge in [0, 0.05) is 17.1 Å². The van der Waals surface area contributed by atoms with Crippen molar-refractivity contribution in [2.24, 2.45) is 5.10 Å². The highest BCUT2D eigenvalue weighted by Gasteiger charge is 2.04. The standard InChI is InChI=1S/C24H25N5O2S/c1-16-4-8-19(9-5-16)25-23(30)29-28-17(2)18-6-10-20(11-7-18)26-24(32)27-21-12-14-22(31-3)15-13-21/h4-15H,1-3H3,(H2,25,29,30)(H2,26,27,32)/b28-17-. The zero-order valence-corrected chi connectivity index (χ0v) is 18.9. The van der Waals surface area contributed by atoms with E-state index in [4.69, 9.17) is 17.0 Å². The molecule has 8 heteroatoms. The molecular formula is C24H25N5O2S. The molecule has 0 aliphatic heterocycles. The molecule has 0 saturated carbocycles. The number of thiocarbonyl (C=S) groups is 1. The van der Waals surface area contributed by atoms with Gasteiger partial charge in [0.1, 0.15) is 5.75 Å². The second kappa shape index (κ2) is 10.9. The van der Waals surface area contributed by atoms with Crippen molar-refractivity contribution in [2.45, 2.75) is 13.8 Å².